The van der Waals surface area contributed by atoms with Crippen molar-refractivity contribution in [2.75, 3.05) is 11.9 Å². The predicted molar refractivity (Wildman–Crippen MR) is 56.7 cm³/mol. The summed E-state index contributed by atoms with van der Waals surface area (Å²) in [5.74, 6) is -0.553. The first-order chi connectivity index (χ1) is 6.86. The van der Waals surface area contributed by atoms with Gasteiger partial charge in [-0.15, -0.1) is 0 Å². The summed E-state index contributed by atoms with van der Waals surface area (Å²) in [7, 11) is 3.40. The van der Waals surface area contributed by atoms with E-state index in [0.29, 0.717) is 5.82 Å². The fraction of sp³-hybridized carbons (Fsp3) is 0.600. The smallest absolute Gasteiger partial charge is 0.196 e. The van der Waals surface area contributed by atoms with E-state index in [1.54, 1.807) is 19.0 Å². The zero-order chi connectivity index (χ0) is 11.7. The van der Waals surface area contributed by atoms with Gasteiger partial charge in [0.2, 0.25) is 0 Å². The van der Waals surface area contributed by atoms with E-state index >= 15 is 0 Å². The van der Waals surface area contributed by atoms with Crippen molar-refractivity contribution in [2.24, 2.45) is 7.05 Å². The average Bonchev–Trinajstić information content (AvgIpc) is 2.41. The minimum Gasteiger partial charge on any atom is -0.355 e. The van der Waals surface area contributed by atoms with Crippen LogP contribution in [0.3, 0.4) is 0 Å². The molecular weight excluding hydrogens is 197 g/mol. The zero-order valence-corrected chi connectivity index (χ0v) is 9.71. The fourth-order valence-corrected chi connectivity index (χ4v) is 1.34. The van der Waals surface area contributed by atoms with E-state index in [-0.39, 0.29) is 17.5 Å². The van der Waals surface area contributed by atoms with E-state index in [0.717, 1.165) is 0 Å². The number of nitrogens with zero attached hydrogens (tertiary/aromatic N) is 3. The first-order valence-electron chi connectivity index (χ1n) is 4.82. The number of rotatable bonds is 3. The summed E-state index contributed by atoms with van der Waals surface area (Å²) < 4.78 is 15.2. The molecular formula is C10H16FN3O. The SMILES string of the molecule is CC(=O)c1nn(C)c(N(C)C(C)C)c1F. The van der Waals surface area contributed by atoms with E-state index in [4.69, 9.17) is 0 Å². The molecule has 0 atom stereocenters. The molecule has 84 valence electrons. The van der Waals surface area contributed by atoms with E-state index < -0.39 is 5.82 Å². The molecule has 1 heterocycles. The fourth-order valence-electron chi connectivity index (χ4n) is 1.34. The Balaban J connectivity index is 3.25. The third kappa shape index (κ3) is 2.00. The van der Waals surface area contributed by atoms with E-state index in [9.17, 15) is 9.18 Å². The van der Waals surface area contributed by atoms with Gasteiger partial charge in [-0.25, -0.2) is 9.07 Å². The third-order valence-corrected chi connectivity index (χ3v) is 2.40. The van der Waals surface area contributed by atoms with Gasteiger partial charge >= 0.3 is 0 Å². The molecule has 0 N–H and O–H groups in total. The van der Waals surface area contributed by atoms with Crippen LogP contribution in [0.2, 0.25) is 0 Å². The first kappa shape index (κ1) is 11.7. The molecule has 0 unspecified atom stereocenters. The number of aromatic nitrogens is 2. The molecule has 0 saturated heterocycles. The Hall–Kier alpha value is -1.39. The molecule has 0 aromatic carbocycles. The van der Waals surface area contributed by atoms with E-state index in [1.165, 1.54) is 11.6 Å². The topological polar surface area (TPSA) is 38.1 Å². The van der Waals surface area contributed by atoms with Gasteiger partial charge in [0.05, 0.1) is 0 Å². The van der Waals surface area contributed by atoms with Gasteiger partial charge in [0.25, 0.3) is 0 Å². The number of hydrogen-bond acceptors (Lipinski definition) is 3. The normalized spacial score (nSPS) is 10.9. The van der Waals surface area contributed by atoms with Crippen LogP contribution >= 0.6 is 0 Å². The van der Waals surface area contributed by atoms with Crippen molar-refractivity contribution in [1.29, 1.82) is 0 Å². The van der Waals surface area contributed by atoms with Crippen molar-refractivity contribution >= 4 is 11.6 Å². The maximum absolute atomic E-state index is 13.8. The van der Waals surface area contributed by atoms with Crippen molar-refractivity contribution in [2.45, 2.75) is 26.8 Å². The van der Waals surface area contributed by atoms with Gasteiger partial charge in [-0.1, -0.05) is 0 Å². The monoisotopic (exact) mass is 213 g/mol. The van der Waals surface area contributed by atoms with Crippen LogP contribution in [0.1, 0.15) is 31.3 Å². The van der Waals surface area contributed by atoms with Crippen molar-refractivity contribution in [3.05, 3.63) is 11.5 Å². The molecule has 1 aromatic rings. The Morgan fingerprint density at radius 2 is 2.07 bits per heavy atom. The van der Waals surface area contributed by atoms with Crippen LogP contribution in [-0.4, -0.2) is 28.7 Å². The molecule has 0 saturated carbocycles. The van der Waals surface area contributed by atoms with E-state index in [2.05, 4.69) is 5.10 Å². The Bertz CT molecular complexity index is 384. The lowest BCUT2D eigenvalue weighted by molar-refractivity contribution is 0.100. The predicted octanol–water partition coefficient (Wildman–Crippen LogP) is 1.61. The minimum absolute atomic E-state index is 0.0972. The lowest BCUT2D eigenvalue weighted by Gasteiger charge is -2.23. The Morgan fingerprint density at radius 3 is 2.40 bits per heavy atom. The van der Waals surface area contributed by atoms with Crippen LogP contribution in [0.5, 0.6) is 0 Å². The Morgan fingerprint density at radius 1 is 1.53 bits per heavy atom. The maximum Gasteiger partial charge on any atom is 0.196 e. The van der Waals surface area contributed by atoms with E-state index in [1.807, 2.05) is 13.8 Å². The molecule has 4 nitrogen and oxygen atoms in total. The average molecular weight is 213 g/mol. The number of ketones is 1. The lowest BCUT2D eigenvalue weighted by Crippen LogP contribution is -2.28. The molecule has 0 aliphatic heterocycles. The Labute approximate surface area is 88.7 Å². The summed E-state index contributed by atoms with van der Waals surface area (Å²) >= 11 is 0. The number of hydrogen-bond donors (Lipinski definition) is 0. The van der Waals surface area contributed by atoms with Gasteiger partial charge in [-0.3, -0.25) is 4.79 Å². The minimum atomic E-state index is -0.541. The highest BCUT2D eigenvalue weighted by Crippen LogP contribution is 2.22. The standard InChI is InChI=1S/C10H16FN3O/c1-6(2)13(4)10-8(11)9(7(3)15)12-14(10)5/h6H,1-5H3. The van der Waals surface area contributed by atoms with Crippen LogP contribution in [0.15, 0.2) is 0 Å². The van der Waals surface area contributed by atoms with Gasteiger partial charge in [-0.2, -0.15) is 5.10 Å². The molecule has 5 heteroatoms. The number of aryl methyl sites for hydroxylation is 1. The molecule has 0 aliphatic rings. The van der Waals surface area contributed by atoms with Crippen molar-refractivity contribution < 1.29 is 9.18 Å². The van der Waals surface area contributed by atoms with Crippen LogP contribution < -0.4 is 4.90 Å². The number of Topliss-reactive ketones (excluding diaryl/α,β-unsaturated/α-hetero) is 1. The van der Waals surface area contributed by atoms with Gasteiger partial charge in [0.15, 0.2) is 23.1 Å². The quantitative estimate of drug-likeness (QED) is 0.716. The van der Waals surface area contributed by atoms with Crippen LogP contribution in [0, 0.1) is 5.82 Å². The number of carbonyl (C=O) groups excluding carboxylic acids is 1. The van der Waals surface area contributed by atoms with Crippen LogP contribution in [-0.2, 0) is 7.05 Å². The Kier molecular flexibility index (Phi) is 3.12. The van der Waals surface area contributed by atoms with Gasteiger partial charge in [0.1, 0.15) is 0 Å². The zero-order valence-electron chi connectivity index (χ0n) is 9.71. The molecule has 0 bridgehead atoms. The second-order valence-electron chi connectivity index (χ2n) is 3.87. The largest absolute Gasteiger partial charge is 0.355 e. The number of halogens is 1. The maximum atomic E-state index is 13.8. The molecule has 0 amide bonds. The highest BCUT2D eigenvalue weighted by Gasteiger charge is 2.22. The molecule has 0 spiro atoms. The van der Waals surface area contributed by atoms with Crippen molar-refractivity contribution in [1.82, 2.24) is 9.78 Å². The van der Waals surface area contributed by atoms with Gasteiger partial charge in [-0.05, 0) is 13.8 Å². The summed E-state index contributed by atoms with van der Waals surface area (Å²) in [5, 5.41) is 3.86. The second-order valence-corrected chi connectivity index (χ2v) is 3.87. The number of carbonyl (C=O) groups is 1. The highest BCUT2D eigenvalue weighted by molar-refractivity contribution is 5.93. The van der Waals surface area contributed by atoms with Crippen LogP contribution in [0.4, 0.5) is 10.2 Å². The summed E-state index contributed by atoms with van der Waals surface area (Å²) in [6.45, 7) is 5.20. The highest BCUT2D eigenvalue weighted by atomic mass is 19.1. The van der Waals surface area contributed by atoms with Gasteiger partial charge in [0, 0.05) is 27.1 Å². The van der Waals surface area contributed by atoms with Crippen molar-refractivity contribution in [3.63, 3.8) is 0 Å². The molecule has 1 rings (SSSR count). The first-order valence-corrected chi connectivity index (χ1v) is 4.82. The third-order valence-electron chi connectivity index (χ3n) is 2.40. The summed E-state index contributed by atoms with van der Waals surface area (Å²) in [5.41, 5.74) is -0.0972. The molecule has 0 fully saturated rings. The van der Waals surface area contributed by atoms with Gasteiger partial charge < -0.3 is 4.90 Å². The lowest BCUT2D eigenvalue weighted by atomic mass is 10.3. The summed E-state index contributed by atoms with van der Waals surface area (Å²) in [4.78, 5) is 12.8. The molecule has 1 aromatic heterocycles. The molecule has 0 radical (unpaired) electrons. The summed E-state index contributed by atoms with van der Waals surface area (Å²) in [6, 6.07) is 0.148. The second kappa shape index (κ2) is 4.00. The summed E-state index contributed by atoms with van der Waals surface area (Å²) in [6.07, 6.45) is 0. The molecule has 15 heavy (non-hydrogen) atoms. The van der Waals surface area contributed by atoms with Crippen LogP contribution in [0.25, 0.3) is 0 Å². The van der Waals surface area contributed by atoms with Crippen molar-refractivity contribution in [3.8, 4) is 0 Å². The number of anilines is 1. The molecule has 0 aliphatic carbocycles.